The zero-order chi connectivity index (χ0) is 5.11. The van der Waals surface area contributed by atoms with E-state index in [1.54, 1.807) is 0 Å². The fourth-order valence-corrected chi connectivity index (χ4v) is 1.15. The molecular formula is C5H8NP. The van der Waals surface area contributed by atoms with Gasteiger partial charge in [-0.15, -0.1) is 0 Å². The zero-order valence-corrected chi connectivity index (χ0v) is 5.31. The highest BCUT2D eigenvalue weighted by Crippen LogP contribution is 2.15. The molecule has 0 aliphatic carbocycles. The molecule has 0 radical (unpaired) electrons. The van der Waals surface area contributed by atoms with Gasteiger partial charge in [0.1, 0.15) is 0 Å². The molecule has 0 saturated heterocycles. The summed E-state index contributed by atoms with van der Waals surface area (Å²) in [4.78, 5) is 4.07. The third-order valence-electron chi connectivity index (χ3n) is 0.845. The molecule has 0 bridgehead atoms. The smallest absolute Gasteiger partial charge is 0.0269 e. The molecule has 7 heavy (non-hydrogen) atoms. The predicted octanol–water partition coefficient (Wildman–Crippen LogP) is 1.61. The van der Waals surface area contributed by atoms with Crippen molar-refractivity contribution in [2.24, 2.45) is 4.99 Å². The predicted molar refractivity (Wildman–Crippen MR) is 35.4 cm³/mol. The summed E-state index contributed by atoms with van der Waals surface area (Å²) in [5.74, 6) is 2.12. The summed E-state index contributed by atoms with van der Waals surface area (Å²) < 4.78 is 0. The molecule has 0 spiro atoms. The van der Waals surface area contributed by atoms with E-state index >= 15 is 0 Å². The van der Waals surface area contributed by atoms with E-state index in [2.05, 4.69) is 17.7 Å². The number of hydrogen-bond acceptors (Lipinski definition) is 1. The largest absolute Gasteiger partial charge is 0.266 e. The minimum atomic E-state index is 0.971. The summed E-state index contributed by atoms with van der Waals surface area (Å²) in [6.07, 6.45) is 3.06. The van der Waals surface area contributed by atoms with E-state index in [1.807, 2.05) is 6.20 Å². The molecule has 1 aliphatic rings. The third-order valence-corrected chi connectivity index (χ3v) is 1.95. The van der Waals surface area contributed by atoms with E-state index in [4.69, 9.17) is 0 Å². The highest BCUT2D eigenvalue weighted by molar-refractivity contribution is 7.43. The molecule has 0 fully saturated rings. The van der Waals surface area contributed by atoms with Gasteiger partial charge in [-0.2, -0.15) is 0 Å². The first-order valence-electron chi connectivity index (χ1n) is 2.31. The van der Waals surface area contributed by atoms with Crippen molar-refractivity contribution in [2.75, 3.05) is 6.16 Å². The standard InChI is InChI=1S/C5H8NP/c1-5-4-7-3-2-6-5/h2-3,7H,4H2,1H3. The van der Waals surface area contributed by atoms with Crippen LogP contribution in [0.4, 0.5) is 0 Å². The van der Waals surface area contributed by atoms with Gasteiger partial charge in [-0.05, 0) is 12.7 Å². The molecule has 0 amide bonds. The van der Waals surface area contributed by atoms with Gasteiger partial charge in [0, 0.05) is 18.1 Å². The average Bonchev–Trinajstić information content (AvgIpc) is 1.69. The lowest BCUT2D eigenvalue weighted by molar-refractivity contribution is 1.50. The Kier molecular flexibility index (Phi) is 1.59. The molecule has 0 aromatic carbocycles. The highest BCUT2D eigenvalue weighted by atomic mass is 31.1. The lowest BCUT2D eigenvalue weighted by Crippen LogP contribution is -1.93. The van der Waals surface area contributed by atoms with Crippen molar-refractivity contribution in [2.45, 2.75) is 6.92 Å². The fraction of sp³-hybridized carbons (Fsp3) is 0.400. The Hall–Kier alpha value is -0.160. The average molecular weight is 113 g/mol. The van der Waals surface area contributed by atoms with E-state index in [-0.39, 0.29) is 0 Å². The van der Waals surface area contributed by atoms with Crippen LogP contribution in [0, 0.1) is 0 Å². The van der Waals surface area contributed by atoms with Crippen LogP contribution in [0.25, 0.3) is 0 Å². The molecule has 1 heterocycles. The minimum absolute atomic E-state index is 0.971. The van der Waals surface area contributed by atoms with Crippen LogP contribution < -0.4 is 0 Å². The maximum atomic E-state index is 4.07. The molecule has 1 unspecified atom stereocenters. The first kappa shape index (κ1) is 4.99. The number of hydrogen-bond donors (Lipinski definition) is 0. The van der Waals surface area contributed by atoms with Crippen LogP contribution in [-0.2, 0) is 0 Å². The maximum Gasteiger partial charge on any atom is 0.0269 e. The van der Waals surface area contributed by atoms with Crippen molar-refractivity contribution >= 4 is 14.3 Å². The summed E-state index contributed by atoms with van der Waals surface area (Å²) in [5, 5.41) is 0. The second kappa shape index (κ2) is 2.23. The van der Waals surface area contributed by atoms with Crippen LogP contribution in [-0.4, -0.2) is 11.9 Å². The van der Waals surface area contributed by atoms with Crippen molar-refractivity contribution in [3.05, 3.63) is 12.0 Å². The van der Waals surface area contributed by atoms with Gasteiger partial charge in [0.2, 0.25) is 0 Å². The van der Waals surface area contributed by atoms with Crippen molar-refractivity contribution in [1.82, 2.24) is 0 Å². The van der Waals surface area contributed by atoms with Crippen molar-refractivity contribution < 1.29 is 0 Å². The van der Waals surface area contributed by atoms with E-state index in [9.17, 15) is 0 Å². The molecule has 1 rings (SSSR count). The summed E-state index contributed by atoms with van der Waals surface area (Å²) in [7, 11) is 0.971. The first-order valence-corrected chi connectivity index (χ1v) is 3.60. The molecule has 1 aliphatic heterocycles. The highest BCUT2D eigenvalue weighted by Gasteiger charge is 1.89. The molecule has 2 heteroatoms. The quantitative estimate of drug-likeness (QED) is 0.423. The lowest BCUT2D eigenvalue weighted by Gasteiger charge is -1.98. The molecule has 1 nitrogen and oxygen atoms in total. The molecule has 1 atom stereocenters. The Morgan fingerprint density at radius 3 is 3.00 bits per heavy atom. The molecule has 0 aromatic heterocycles. The lowest BCUT2D eigenvalue weighted by atomic mass is 10.5. The summed E-state index contributed by atoms with van der Waals surface area (Å²) in [6.45, 7) is 2.07. The van der Waals surface area contributed by atoms with E-state index in [0.29, 0.717) is 0 Å². The van der Waals surface area contributed by atoms with Gasteiger partial charge in [0.05, 0.1) is 0 Å². The van der Waals surface area contributed by atoms with Crippen molar-refractivity contribution in [1.29, 1.82) is 0 Å². The fourth-order valence-electron chi connectivity index (χ4n) is 0.469. The van der Waals surface area contributed by atoms with Crippen LogP contribution in [0.3, 0.4) is 0 Å². The van der Waals surface area contributed by atoms with Gasteiger partial charge >= 0.3 is 0 Å². The van der Waals surface area contributed by atoms with Crippen LogP contribution in [0.15, 0.2) is 17.0 Å². The van der Waals surface area contributed by atoms with Gasteiger partial charge in [-0.1, -0.05) is 8.58 Å². The van der Waals surface area contributed by atoms with Gasteiger partial charge < -0.3 is 0 Å². The number of rotatable bonds is 0. The van der Waals surface area contributed by atoms with Gasteiger partial charge in [0.15, 0.2) is 0 Å². The Labute approximate surface area is 45.3 Å². The normalized spacial score (nSPS) is 22.7. The van der Waals surface area contributed by atoms with Crippen LogP contribution in [0.1, 0.15) is 6.92 Å². The number of aliphatic imine (C=N–C) groups is 1. The molecule has 0 N–H and O–H groups in total. The van der Waals surface area contributed by atoms with Crippen LogP contribution in [0.2, 0.25) is 0 Å². The topological polar surface area (TPSA) is 12.4 Å². The first-order chi connectivity index (χ1) is 3.39. The Balaban J connectivity index is 2.57. The summed E-state index contributed by atoms with van der Waals surface area (Å²) in [5.41, 5.74) is 1.26. The summed E-state index contributed by atoms with van der Waals surface area (Å²) in [6, 6.07) is 0. The van der Waals surface area contributed by atoms with E-state index in [0.717, 1.165) is 8.58 Å². The minimum Gasteiger partial charge on any atom is -0.266 e. The van der Waals surface area contributed by atoms with E-state index < -0.39 is 0 Å². The van der Waals surface area contributed by atoms with Gasteiger partial charge in [-0.3, -0.25) is 4.99 Å². The molecule has 0 aromatic rings. The zero-order valence-electron chi connectivity index (χ0n) is 4.31. The number of nitrogens with zero attached hydrogens (tertiary/aromatic N) is 1. The van der Waals surface area contributed by atoms with Gasteiger partial charge in [-0.25, -0.2) is 0 Å². The Bertz CT molecular complexity index is 115. The van der Waals surface area contributed by atoms with Crippen molar-refractivity contribution in [3.63, 3.8) is 0 Å². The second-order valence-corrected chi connectivity index (χ2v) is 2.66. The molecular weight excluding hydrogens is 105 g/mol. The molecule has 38 valence electrons. The Morgan fingerprint density at radius 2 is 2.71 bits per heavy atom. The van der Waals surface area contributed by atoms with Crippen LogP contribution in [0.5, 0.6) is 0 Å². The van der Waals surface area contributed by atoms with Gasteiger partial charge in [0.25, 0.3) is 0 Å². The van der Waals surface area contributed by atoms with Crippen molar-refractivity contribution in [3.8, 4) is 0 Å². The monoisotopic (exact) mass is 113 g/mol. The SMILES string of the molecule is CC1=NC=CPC1. The summed E-state index contributed by atoms with van der Waals surface area (Å²) >= 11 is 0. The van der Waals surface area contributed by atoms with E-state index in [1.165, 1.54) is 11.9 Å². The second-order valence-electron chi connectivity index (χ2n) is 1.56. The maximum absolute atomic E-state index is 4.07. The third kappa shape index (κ3) is 1.40. The Morgan fingerprint density at radius 1 is 1.86 bits per heavy atom. The van der Waals surface area contributed by atoms with Crippen LogP contribution >= 0.6 is 8.58 Å². The molecule has 0 saturated carbocycles.